The van der Waals surface area contributed by atoms with Crippen LogP contribution >= 0.6 is 0 Å². The van der Waals surface area contributed by atoms with Gasteiger partial charge in [-0.3, -0.25) is 9.69 Å². The molecule has 0 spiro atoms. The highest BCUT2D eigenvalue weighted by molar-refractivity contribution is 5.95. The summed E-state index contributed by atoms with van der Waals surface area (Å²) in [5, 5.41) is 22.1. The first-order valence-electron chi connectivity index (χ1n) is 12.9. The third kappa shape index (κ3) is 5.66. The maximum Gasteiger partial charge on any atom is 0.292 e. The minimum Gasteiger partial charge on any atom is -0.488 e. The van der Waals surface area contributed by atoms with Crippen LogP contribution in [0, 0.1) is 0 Å². The van der Waals surface area contributed by atoms with Crippen molar-refractivity contribution in [3.63, 3.8) is 0 Å². The van der Waals surface area contributed by atoms with Gasteiger partial charge in [-0.15, -0.1) is 5.10 Å². The number of para-hydroxylation sites is 1. The lowest BCUT2D eigenvalue weighted by Gasteiger charge is -2.16. The number of fused-ring (bicyclic) bond motifs is 1. The van der Waals surface area contributed by atoms with Gasteiger partial charge in [0, 0.05) is 12.1 Å². The third-order valence-corrected chi connectivity index (χ3v) is 6.47. The molecule has 0 atom stereocenters. The number of ether oxygens (including phenoxy) is 1. The van der Waals surface area contributed by atoms with Crippen LogP contribution in [-0.4, -0.2) is 55.4 Å². The van der Waals surface area contributed by atoms with Crippen LogP contribution in [-0.2, 0) is 13.2 Å². The van der Waals surface area contributed by atoms with E-state index in [2.05, 4.69) is 54.3 Å². The summed E-state index contributed by atoms with van der Waals surface area (Å²) < 4.78 is 12.1. The van der Waals surface area contributed by atoms with Gasteiger partial charge in [0.2, 0.25) is 11.6 Å². The summed E-state index contributed by atoms with van der Waals surface area (Å²) in [7, 11) is 0. The normalized spacial score (nSPS) is 11.5. The van der Waals surface area contributed by atoms with Crippen molar-refractivity contribution in [3.05, 3.63) is 89.2 Å². The van der Waals surface area contributed by atoms with Crippen LogP contribution in [0.15, 0.2) is 76.5 Å². The van der Waals surface area contributed by atoms with Gasteiger partial charge in [-0.25, -0.2) is 10.1 Å². The predicted molar refractivity (Wildman–Crippen MR) is 150 cm³/mol. The molecule has 2 heterocycles. The number of benzene rings is 3. The monoisotopic (exact) mass is 539 g/mol. The summed E-state index contributed by atoms with van der Waals surface area (Å²) in [4.78, 5) is 15.4. The Kier molecular flexibility index (Phi) is 8.07. The number of nitrogens with two attached hydrogens (primary N) is 1. The van der Waals surface area contributed by atoms with Crippen LogP contribution in [0.3, 0.4) is 0 Å². The van der Waals surface area contributed by atoms with E-state index in [-0.39, 0.29) is 17.3 Å². The molecule has 0 aliphatic carbocycles. The highest BCUT2D eigenvalue weighted by atomic mass is 16.6. The Labute approximate surface area is 230 Å². The Hall–Kier alpha value is -5.10. The molecule has 1 amide bonds. The predicted octanol–water partition coefficient (Wildman–Crippen LogP) is 3.57. The summed E-state index contributed by atoms with van der Waals surface area (Å²) in [5.74, 6) is 0.137. The van der Waals surface area contributed by atoms with Gasteiger partial charge in [0.05, 0.1) is 6.21 Å². The zero-order chi connectivity index (χ0) is 27.9. The van der Waals surface area contributed by atoms with E-state index in [9.17, 15) is 4.79 Å². The standard InChI is InChI=1S/C28H29N9O3/c1-3-36(4-2)17-23-25(37(35-31-23)27-26(29)33-40-34-27)28(38)32-30-16-20-11-6-8-15-24(20)39-18-21-13-9-12-19-10-5-7-14-22(19)21/h5-16H,3-4,17-18H2,1-2H3,(H2,29,33)(H,32,38)/b30-16+. The van der Waals surface area contributed by atoms with Gasteiger partial charge >= 0.3 is 0 Å². The summed E-state index contributed by atoms with van der Waals surface area (Å²) in [6.07, 6.45) is 1.53. The van der Waals surface area contributed by atoms with Crippen LogP contribution in [0.25, 0.3) is 16.6 Å². The minimum atomic E-state index is -0.542. The fourth-order valence-electron chi connectivity index (χ4n) is 4.30. The molecule has 0 fully saturated rings. The van der Waals surface area contributed by atoms with Gasteiger partial charge in [0.25, 0.3) is 5.91 Å². The minimum absolute atomic E-state index is 0.0193. The smallest absolute Gasteiger partial charge is 0.292 e. The molecule has 0 saturated heterocycles. The van der Waals surface area contributed by atoms with Gasteiger partial charge in [0.1, 0.15) is 18.1 Å². The largest absolute Gasteiger partial charge is 0.488 e. The lowest BCUT2D eigenvalue weighted by Crippen LogP contribution is -2.27. The van der Waals surface area contributed by atoms with Crippen LogP contribution in [0.5, 0.6) is 5.75 Å². The lowest BCUT2D eigenvalue weighted by atomic mass is 10.1. The molecule has 12 heteroatoms. The van der Waals surface area contributed by atoms with Gasteiger partial charge in [0.15, 0.2) is 5.69 Å². The number of aromatic nitrogens is 5. The Bertz CT molecular complexity index is 1630. The number of carbonyl (C=O) groups excluding carboxylic acids is 1. The van der Waals surface area contributed by atoms with Crippen molar-refractivity contribution in [2.24, 2.45) is 5.10 Å². The molecule has 2 aromatic heterocycles. The number of nitrogen functional groups attached to an aromatic ring is 1. The summed E-state index contributed by atoms with van der Waals surface area (Å²) in [6.45, 7) is 6.37. The Balaban J connectivity index is 1.34. The zero-order valence-corrected chi connectivity index (χ0v) is 22.2. The Morgan fingerprint density at radius 1 is 1.07 bits per heavy atom. The van der Waals surface area contributed by atoms with E-state index in [0.29, 0.717) is 30.2 Å². The number of nitrogens with one attached hydrogen (secondary N) is 1. The maximum atomic E-state index is 13.3. The Morgan fingerprint density at radius 3 is 2.65 bits per heavy atom. The van der Waals surface area contributed by atoms with Crippen LogP contribution < -0.4 is 15.9 Å². The van der Waals surface area contributed by atoms with Gasteiger partial charge in [-0.1, -0.05) is 73.7 Å². The SMILES string of the molecule is CCN(CC)Cc1nnn(-c2nonc2N)c1C(=O)N/N=C/c1ccccc1OCc1cccc2ccccc12. The highest BCUT2D eigenvalue weighted by Gasteiger charge is 2.25. The zero-order valence-electron chi connectivity index (χ0n) is 22.2. The molecular weight excluding hydrogens is 510 g/mol. The maximum absolute atomic E-state index is 13.3. The molecular formula is C28H29N9O3. The molecule has 12 nitrogen and oxygen atoms in total. The second-order valence-corrected chi connectivity index (χ2v) is 8.89. The second-order valence-electron chi connectivity index (χ2n) is 8.89. The Morgan fingerprint density at radius 2 is 1.85 bits per heavy atom. The van der Waals surface area contributed by atoms with Crippen molar-refractivity contribution in [2.75, 3.05) is 18.8 Å². The molecule has 0 aliphatic rings. The molecule has 0 bridgehead atoms. The first-order chi connectivity index (χ1) is 19.6. The number of anilines is 1. The number of hydrogen-bond donors (Lipinski definition) is 2. The average Bonchev–Trinajstić information content (AvgIpc) is 3.60. The molecule has 5 rings (SSSR count). The lowest BCUT2D eigenvalue weighted by molar-refractivity contribution is 0.0945. The van der Waals surface area contributed by atoms with Gasteiger partial charge in [-0.2, -0.15) is 9.78 Å². The number of carbonyl (C=O) groups is 1. The molecule has 0 unspecified atom stereocenters. The molecule has 0 radical (unpaired) electrons. The molecule has 3 aromatic carbocycles. The second kappa shape index (κ2) is 12.2. The molecule has 40 heavy (non-hydrogen) atoms. The number of nitrogens with zero attached hydrogens (tertiary/aromatic N) is 7. The van der Waals surface area contributed by atoms with Crippen molar-refractivity contribution in [1.29, 1.82) is 0 Å². The fourth-order valence-corrected chi connectivity index (χ4v) is 4.30. The van der Waals surface area contributed by atoms with Crippen molar-refractivity contribution in [1.82, 2.24) is 35.6 Å². The number of hydrogen-bond acceptors (Lipinski definition) is 10. The number of hydrazone groups is 1. The molecule has 0 saturated carbocycles. The average molecular weight is 540 g/mol. The van der Waals surface area contributed by atoms with E-state index >= 15 is 0 Å². The first-order valence-corrected chi connectivity index (χ1v) is 12.9. The van der Waals surface area contributed by atoms with Crippen molar-refractivity contribution in [2.45, 2.75) is 27.0 Å². The molecule has 5 aromatic rings. The van der Waals surface area contributed by atoms with E-state index in [1.54, 1.807) is 0 Å². The van der Waals surface area contributed by atoms with E-state index in [0.717, 1.165) is 29.4 Å². The fraction of sp³-hybridized carbons (Fsp3) is 0.214. The topological polar surface area (TPSA) is 150 Å². The molecule has 0 aliphatic heterocycles. The summed E-state index contributed by atoms with van der Waals surface area (Å²) >= 11 is 0. The van der Waals surface area contributed by atoms with E-state index < -0.39 is 5.91 Å². The number of amides is 1. The molecule has 3 N–H and O–H groups in total. The summed E-state index contributed by atoms with van der Waals surface area (Å²) in [6, 6.07) is 21.8. The van der Waals surface area contributed by atoms with Gasteiger partial charge in [-0.05, 0) is 51.9 Å². The van der Waals surface area contributed by atoms with E-state index in [1.807, 2.05) is 62.4 Å². The van der Waals surface area contributed by atoms with Crippen molar-refractivity contribution in [3.8, 4) is 11.6 Å². The van der Waals surface area contributed by atoms with Gasteiger partial charge < -0.3 is 10.5 Å². The van der Waals surface area contributed by atoms with Crippen LogP contribution in [0.1, 0.15) is 41.2 Å². The van der Waals surface area contributed by atoms with Crippen LogP contribution in [0.2, 0.25) is 0 Å². The number of rotatable bonds is 11. The van der Waals surface area contributed by atoms with E-state index in [4.69, 9.17) is 15.1 Å². The molecule has 204 valence electrons. The highest BCUT2D eigenvalue weighted by Crippen LogP contribution is 2.22. The summed E-state index contributed by atoms with van der Waals surface area (Å²) in [5.41, 5.74) is 10.8. The van der Waals surface area contributed by atoms with Crippen molar-refractivity contribution < 1.29 is 14.2 Å². The van der Waals surface area contributed by atoms with Crippen molar-refractivity contribution >= 4 is 28.7 Å². The third-order valence-electron chi connectivity index (χ3n) is 6.47. The quantitative estimate of drug-likeness (QED) is 0.190. The van der Waals surface area contributed by atoms with Crippen LogP contribution in [0.4, 0.5) is 5.82 Å². The van der Waals surface area contributed by atoms with E-state index in [1.165, 1.54) is 10.9 Å². The first kappa shape index (κ1) is 26.5.